The summed E-state index contributed by atoms with van der Waals surface area (Å²) in [4.78, 5) is 24.6. The first-order chi connectivity index (χ1) is 43.5. The van der Waals surface area contributed by atoms with E-state index in [0.29, 0.717) is 25.9 Å². The minimum Gasteiger partial charge on any atom is -0.466 e. The molecule has 3 N–H and O–H groups in total. The van der Waals surface area contributed by atoms with Gasteiger partial charge in [0, 0.05) is 12.8 Å². The van der Waals surface area contributed by atoms with Gasteiger partial charge >= 0.3 is 5.97 Å². The Morgan fingerprint density at radius 3 is 0.841 bits per heavy atom. The Hall–Kier alpha value is -1.66. The number of allylic oxidation sites excluding steroid dienone is 4. The molecule has 0 bridgehead atoms. The molecule has 2 atom stereocenters. The zero-order valence-corrected chi connectivity index (χ0v) is 60.0. The number of esters is 1. The first-order valence-corrected chi connectivity index (χ1v) is 40.6. The highest BCUT2D eigenvalue weighted by Crippen LogP contribution is 2.20. The quantitative estimate of drug-likeness (QED) is 0.0320. The minimum atomic E-state index is -0.663. The Morgan fingerprint density at radius 1 is 0.307 bits per heavy atom. The van der Waals surface area contributed by atoms with E-state index in [1.807, 2.05) is 0 Å². The van der Waals surface area contributed by atoms with Gasteiger partial charge in [-0.25, -0.2) is 0 Å². The van der Waals surface area contributed by atoms with Gasteiger partial charge in [-0.1, -0.05) is 404 Å². The van der Waals surface area contributed by atoms with E-state index in [1.165, 1.54) is 385 Å². The van der Waals surface area contributed by atoms with Crippen molar-refractivity contribution in [3.8, 4) is 0 Å². The lowest BCUT2D eigenvalue weighted by Gasteiger charge is -2.22. The third-order valence-corrected chi connectivity index (χ3v) is 19.2. The first kappa shape index (κ1) is 86.3. The number of aliphatic hydroxyl groups is 2. The lowest BCUT2D eigenvalue weighted by Crippen LogP contribution is -2.45. The predicted molar refractivity (Wildman–Crippen MR) is 389 cm³/mol. The van der Waals surface area contributed by atoms with Crippen molar-refractivity contribution in [1.82, 2.24) is 5.32 Å². The van der Waals surface area contributed by atoms with E-state index < -0.39 is 12.1 Å². The molecule has 6 nitrogen and oxygen atoms in total. The highest BCUT2D eigenvalue weighted by atomic mass is 16.5. The molecule has 2 unspecified atom stereocenters. The summed E-state index contributed by atoms with van der Waals surface area (Å²) in [7, 11) is 0. The van der Waals surface area contributed by atoms with Crippen molar-refractivity contribution in [2.75, 3.05) is 13.2 Å². The van der Waals surface area contributed by atoms with Gasteiger partial charge in [-0.15, -0.1) is 0 Å². The van der Waals surface area contributed by atoms with Crippen LogP contribution in [0.5, 0.6) is 0 Å². The fraction of sp³-hybridized carbons (Fsp3) is 0.927. The highest BCUT2D eigenvalue weighted by Gasteiger charge is 2.20. The normalized spacial score (nSPS) is 12.5. The number of ether oxygens (including phenoxy) is 1. The molecule has 0 rings (SSSR count). The van der Waals surface area contributed by atoms with Crippen LogP contribution in [0, 0.1) is 0 Å². The van der Waals surface area contributed by atoms with Crippen molar-refractivity contribution in [3.05, 3.63) is 24.3 Å². The average molecular weight is 1240 g/mol. The monoisotopic (exact) mass is 1240 g/mol. The van der Waals surface area contributed by atoms with Crippen LogP contribution in [0.3, 0.4) is 0 Å². The predicted octanol–water partition coefficient (Wildman–Crippen LogP) is 26.8. The van der Waals surface area contributed by atoms with Crippen LogP contribution >= 0.6 is 0 Å². The number of carbonyl (C=O) groups excluding carboxylic acids is 2. The Balaban J connectivity index is 3.34. The van der Waals surface area contributed by atoms with Gasteiger partial charge in [-0.3, -0.25) is 9.59 Å². The summed E-state index contributed by atoms with van der Waals surface area (Å²) >= 11 is 0. The van der Waals surface area contributed by atoms with Crippen molar-refractivity contribution in [3.63, 3.8) is 0 Å². The molecule has 88 heavy (non-hydrogen) atoms. The van der Waals surface area contributed by atoms with Gasteiger partial charge < -0.3 is 20.3 Å². The standard InChI is InChI=1S/C82H159NO5/c1-3-5-7-9-11-13-15-16-17-18-19-20-36-39-42-45-48-51-55-58-62-66-70-74-80(85)79(78-84)83-81(86)75-71-67-63-59-56-52-49-46-43-40-37-34-32-30-28-26-24-22-21-23-25-27-29-31-33-35-38-41-44-47-50-53-57-61-65-69-73-77-88-82(87)76-72-68-64-60-54-14-12-10-8-6-4-2/h10,12,21,23,79-80,84-85H,3-9,11,13-20,22,24-78H2,1-2H3,(H,83,86)/b12-10-,23-21-. The maximum absolute atomic E-state index is 12.6. The smallest absolute Gasteiger partial charge is 0.305 e. The summed E-state index contributed by atoms with van der Waals surface area (Å²) in [6.07, 6.45) is 100. The van der Waals surface area contributed by atoms with E-state index in [0.717, 1.165) is 44.9 Å². The molecule has 0 aliphatic carbocycles. The van der Waals surface area contributed by atoms with Crippen LogP contribution in [-0.4, -0.2) is 47.4 Å². The molecule has 0 aliphatic heterocycles. The number of nitrogens with one attached hydrogen (secondary N) is 1. The van der Waals surface area contributed by atoms with Crippen molar-refractivity contribution in [1.29, 1.82) is 0 Å². The number of carbonyl (C=O) groups is 2. The van der Waals surface area contributed by atoms with E-state index in [9.17, 15) is 19.8 Å². The van der Waals surface area contributed by atoms with Crippen LogP contribution in [0.15, 0.2) is 24.3 Å². The SMILES string of the molecule is CCCC/C=C\CCCCCCCC(=O)OCCCCCCCCCCCCCCCCCC/C=C\CCCCCCCCCCCCCCCCCCCC(=O)NC(CO)C(O)CCCCCCCCCCCCCCCCCCCCCCCCC. The average Bonchev–Trinajstić information content (AvgIpc) is 3.57. The van der Waals surface area contributed by atoms with Crippen molar-refractivity contribution in [2.24, 2.45) is 0 Å². The van der Waals surface area contributed by atoms with Crippen LogP contribution < -0.4 is 5.32 Å². The molecule has 1 amide bonds. The van der Waals surface area contributed by atoms with Crippen LogP contribution in [0.25, 0.3) is 0 Å². The molecule has 0 aliphatic rings. The molecule has 0 spiro atoms. The molecule has 0 radical (unpaired) electrons. The zero-order valence-electron chi connectivity index (χ0n) is 60.0. The number of amides is 1. The molecular weight excluding hydrogens is 1080 g/mol. The summed E-state index contributed by atoms with van der Waals surface area (Å²) in [6, 6.07) is -0.539. The van der Waals surface area contributed by atoms with Crippen molar-refractivity contribution < 1.29 is 24.5 Å². The highest BCUT2D eigenvalue weighted by molar-refractivity contribution is 5.76. The number of unbranched alkanes of at least 4 members (excludes halogenated alkanes) is 62. The van der Waals surface area contributed by atoms with Crippen molar-refractivity contribution in [2.45, 2.75) is 475 Å². The van der Waals surface area contributed by atoms with Crippen LogP contribution in [0.1, 0.15) is 463 Å². The molecule has 0 aromatic rings. The van der Waals surface area contributed by atoms with Gasteiger partial charge in [0.1, 0.15) is 0 Å². The summed E-state index contributed by atoms with van der Waals surface area (Å²) in [5, 5.41) is 23.5. The molecule has 6 heteroatoms. The fourth-order valence-corrected chi connectivity index (χ4v) is 13.0. The van der Waals surface area contributed by atoms with Crippen molar-refractivity contribution >= 4 is 11.9 Å². The molecule has 0 aromatic carbocycles. The maximum atomic E-state index is 12.6. The molecule has 0 aromatic heterocycles. The summed E-state index contributed by atoms with van der Waals surface area (Å²) in [6.45, 7) is 4.97. The number of hydrogen-bond acceptors (Lipinski definition) is 5. The van der Waals surface area contributed by atoms with Gasteiger partial charge in [0.05, 0.1) is 25.4 Å². The first-order valence-electron chi connectivity index (χ1n) is 40.6. The van der Waals surface area contributed by atoms with Gasteiger partial charge in [0.15, 0.2) is 0 Å². The lowest BCUT2D eigenvalue weighted by atomic mass is 10.0. The second-order valence-electron chi connectivity index (χ2n) is 28.1. The topological polar surface area (TPSA) is 95.9 Å². The number of hydrogen-bond donors (Lipinski definition) is 3. The second-order valence-corrected chi connectivity index (χ2v) is 28.1. The van der Waals surface area contributed by atoms with E-state index in [2.05, 4.69) is 43.5 Å². The number of rotatable bonds is 77. The zero-order chi connectivity index (χ0) is 63.5. The Morgan fingerprint density at radius 2 is 0.545 bits per heavy atom. The molecule has 0 saturated carbocycles. The summed E-state index contributed by atoms with van der Waals surface area (Å²) in [5.74, 6) is -0.0140. The molecule has 0 fully saturated rings. The van der Waals surface area contributed by atoms with Crippen LogP contribution in [0.2, 0.25) is 0 Å². The molecule has 0 saturated heterocycles. The van der Waals surface area contributed by atoms with Crippen LogP contribution in [-0.2, 0) is 14.3 Å². The van der Waals surface area contributed by atoms with E-state index in [4.69, 9.17) is 4.74 Å². The Bertz CT molecular complexity index is 1380. The molecular formula is C82H159NO5. The third-order valence-electron chi connectivity index (χ3n) is 19.2. The third kappa shape index (κ3) is 73.4. The largest absolute Gasteiger partial charge is 0.466 e. The second kappa shape index (κ2) is 77.8. The van der Waals surface area contributed by atoms with E-state index in [1.54, 1.807) is 0 Å². The van der Waals surface area contributed by atoms with Gasteiger partial charge in [-0.05, 0) is 70.6 Å². The minimum absolute atomic E-state index is 0.0111. The molecule has 0 heterocycles. The summed E-state index contributed by atoms with van der Waals surface area (Å²) in [5.41, 5.74) is 0. The van der Waals surface area contributed by atoms with Gasteiger partial charge in [-0.2, -0.15) is 0 Å². The maximum Gasteiger partial charge on any atom is 0.305 e. The Kier molecular flexibility index (Phi) is 76.3. The van der Waals surface area contributed by atoms with Gasteiger partial charge in [0.2, 0.25) is 5.91 Å². The molecule has 522 valence electrons. The summed E-state index contributed by atoms with van der Waals surface area (Å²) < 4.78 is 5.47. The fourth-order valence-electron chi connectivity index (χ4n) is 13.0. The van der Waals surface area contributed by atoms with E-state index in [-0.39, 0.29) is 18.5 Å². The van der Waals surface area contributed by atoms with E-state index >= 15 is 0 Å². The van der Waals surface area contributed by atoms with Crippen LogP contribution in [0.4, 0.5) is 0 Å². The van der Waals surface area contributed by atoms with Gasteiger partial charge in [0.25, 0.3) is 0 Å². The lowest BCUT2D eigenvalue weighted by molar-refractivity contribution is -0.143. The number of aliphatic hydroxyl groups excluding tert-OH is 2. The Labute approximate surface area is 551 Å².